The molecular weight excluding hydrogens is 244 g/mol. The molecule has 3 aliphatic rings. The molecule has 0 radical (unpaired) electrons. The van der Waals surface area contributed by atoms with E-state index < -0.39 is 0 Å². The number of Topliss-reactive ketones (excluding diaryl/α,β-unsaturated/α-hetero) is 1. The molecular formula is C14H20N2O3. The Morgan fingerprint density at radius 3 is 2.58 bits per heavy atom. The van der Waals surface area contributed by atoms with Crippen LogP contribution in [0.15, 0.2) is 0 Å². The molecule has 1 aliphatic carbocycles. The van der Waals surface area contributed by atoms with Gasteiger partial charge in [0.05, 0.1) is 6.54 Å². The molecule has 5 nitrogen and oxygen atoms in total. The summed E-state index contributed by atoms with van der Waals surface area (Å²) in [5.74, 6) is 0.236. The van der Waals surface area contributed by atoms with Gasteiger partial charge in [-0.1, -0.05) is 12.8 Å². The zero-order valence-corrected chi connectivity index (χ0v) is 11.1. The second-order valence-electron chi connectivity index (χ2n) is 5.89. The van der Waals surface area contributed by atoms with Gasteiger partial charge in [-0.25, -0.2) is 0 Å². The van der Waals surface area contributed by atoms with E-state index in [1.807, 2.05) is 0 Å². The molecule has 3 rings (SSSR count). The molecule has 1 atom stereocenters. The van der Waals surface area contributed by atoms with Gasteiger partial charge < -0.3 is 9.80 Å². The molecule has 0 bridgehead atoms. The lowest BCUT2D eigenvalue weighted by atomic mass is 10.0. The quantitative estimate of drug-likeness (QED) is 0.749. The Hall–Kier alpha value is -1.39. The summed E-state index contributed by atoms with van der Waals surface area (Å²) in [5, 5.41) is 0. The zero-order chi connectivity index (χ0) is 13.4. The van der Waals surface area contributed by atoms with Crippen molar-refractivity contribution in [3.63, 3.8) is 0 Å². The van der Waals surface area contributed by atoms with Crippen molar-refractivity contribution in [2.24, 2.45) is 5.92 Å². The second kappa shape index (κ2) is 4.94. The second-order valence-corrected chi connectivity index (χ2v) is 5.89. The normalized spacial score (nSPS) is 28.1. The summed E-state index contributed by atoms with van der Waals surface area (Å²) in [6.45, 7) is 0.924. The van der Waals surface area contributed by atoms with E-state index in [4.69, 9.17) is 0 Å². The summed E-state index contributed by atoms with van der Waals surface area (Å²) in [6.07, 6.45) is 5.76. The van der Waals surface area contributed by atoms with Crippen LogP contribution < -0.4 is 0 Å². The summed E-state index contributed by atoms with van der Waals surface area (Å²) in [6, 6.07) is -0.294. The Balaban J connectivity index is 1.65. The first-order valence-corrected chi connectivity index (χ1v) is 7.28. The first-order chi connectivity index (χ1) is 9.16. The van der Waals surface area contributed by atoms with Gasteiger partial charge in [0.25, 0.3) is 0 Å². The van der Waals surface area contributed by atoms with Crippen molar-refractivity contribution in [2.75, 3.05) is 19.6 Å². The van der Waals surface area contributed by atoms with Gasteiger partial charge in [-0.2, -0.15) is 0 Å². The molecule has 0 aromatic carbocycles. The number of hydrogen-bond acceptors (Lipinski definition) is 3. The van der Waals surface area contributed by atoms with Crippen molar-refractivity contribution < 1.29 is 14.4 Å². The summed E-state index contributed by atoms with van der Waals surface area (Å²) >= 11 is 0. The average Bonchev–Trinajstić information content (AvgIpc) is 3.05. The highest BCUT2D eigenvalue weighted by Gasteiger charge is 2.42. The highest BCUT2D eigenvalue weighted by molar-refractivity contribution is 5.98. The number of amides is 2. The molecule has 2 saturated heterocycles. The Morgan fingerprint density at radius 2 is 1.84 bits per heavy atom. The molecule has 0 aromatic heterocycles. The van der Waals surface area contributed by atoms with Gasteiger partial charge in [0.2, 0.25) is 11.8 Å². The van der Waals surface area contributed by atoms with Crippen LogP contribution in [0.2, 0.25) is 0 Å². The van der Waals surface area contributed by atoms with Gasteiger partial charge in [0.1, 0.15) is 12.6 Å². The van der Waals surface area contributed by atoms with E-state index in [2.05, 4.69) is 0 Å². The number of piperazine rings is 1. The van der Waals surface area contributed by atoms with E-state index in [9.17, 15) is 14.4 Å². The minimum absolute atomic E-state index is 0.00122. The zero-order valence-electron chi connectivity index (χ0n) is 11.1. The van der Waals surface area contributed by atoms with E-state index in [1.165, 1.54) is 4.90 Å². The smallest absolute Gasteiger partial charge is 0.246 e. The van der Waals surface area contributed by atoms with Crippen LogP contribution in [-0.4, -0.2) is 53.1 Å². The van der Waals surface area contributed by atoms with Crippen LogP contribution in [0, 0.1) is 5.92 Å². The maximum Gasteiger partial charge on any atom is 0.246 e. The summed E-state index contributed by atoms with van der Waals surface area (Å²) in [5.41, 5.74) is 0. The van der Waals surface area contributed by atoms with Crippen LogP contribution in [0.4, 0.5) is 0 Å². The van der Waals surface area contributed by atoms with Crippen LogP contribution >= 0.6 is 0 Å². The minimum Gasteiger partial charge on any atom is -0.329 e. The Morgan fingerprint density at radius 1 is 1.11 bits per heavy atom. The van der Waals surface area contributed by atoms with E-state index in [-0.39, 0.29) is 42.6 Å². The third-order valence-electron chi connectivity index (χ3n) is 4.65. The van der Waals surface area contributed by atoms with Crippen molar-refractivity contribution in [2.45, 2.75) is 44.6 Å². The van der Waals surface area contributed by atoms with E-state index >= 15 is 0 Å². The number of hydrogen-bond donors (Lipinski definition) is 0. The molecule has 3 fully saturated rings. The fraction of sp³-hybridized carbons (Fsp3) is 0.786. The maximum absolute atomic E-state index is 12.3. The largest absolute Gasteiger partial charge is 0.329 e. The monoisotopic (exact) mass is 264 g/mol. The molecule has 0 spiro atoms. The Labute approximate surface area is 112 Å². The van der Waals surface area contributed by atoms with E-state index in [1.54, 1.807) is 4.90 Å². The van der Waals surface area contributed by atoms with Crippen LogP contribution in [0.3, 0.4) is 0 Å². The molecule has 1 unspecified atom stereocenters. The average molecular weight is 264 g/mol. The lowest BCUT2D eigenvalue weighted by Crippen LogP contribution is -2.58. The lowest BCUT2D eigenvalue weighted by molar-refractivity contribution is -0.154. The van der Waals surface area contributed by atoms with E-state index in [0.29, 0.717) is 6.54 Å². The standard InChI is InChI=1S/C14H20N2O3/c17-12(10-4-1-2-5-10)8-15-9-13(18)16-7-3-6-11(16)14(15)19/h10-11H,1-9H2. The lowest BCUT2D eigenvalue weighted by Gasteiger charge is -2.36. The molecule has 104 valence electrons. The van der Waals surface area contributed by atoms with E-state index in [0.717, 1.165) is 38.5 Å². The minimum atomic E-state index is -0.294. The number of carbonyl (C=O) groups is 3. The van der Waals surface area contributed by atoms with Gasteiger partial charge in [-0.15, -0.1) is 0 Å². The van der Waals surface area contributed by atoms with Gasteiger partial charge in [0.15, 0.2) is 5.78 Å². The maximum atomic E-state index is 12.3. The molecule has 5 heteroatoms. The van der Waals surface area contributed by atoms with Gasteiger partial charge >= 0.3 is 0 Å². The number of fused-ring (bicyclic) bond motifs is 1. The molecule has 1 saturated carbocycles. The molecule has 2 heterocycles. The van der Waals surface area contributed by atoms with Crippen LogP contribution in [0.5, 0.6) is 0 Å². The van der Waals surface area contributed by atoms with Crippen LogP contribution in [0.25, 0.3) is 0 Å². The third kappa shape index (κ3) is 2.26. The fourth-order valence-corrected chi connectivity index (χ4v) is 3.56. The molecule has 19 heavy (non-hydrogen) atoms. The van der Waals surface area contributed by atoms with Crippen molar-refractivity contribution in [3.8, 4) is 0 Å². The molecule has 0 N–H and O–H groups in total. The molecule has 2 amide bonds. The molecule has 0 aromatic rings. The topological polar surface area (TPSA) is 57.7 Å². The van der Waals surface area contributed by atoms with Crippen LogP contribution in [-0.2, 0) is 14.4 Å². The van der Waals surface area contributed by atoms with Crippen molar-refractivity contribution in [3.05, 3.63) is 0 Å². The van der Waals surface area contributed by atoms with Crippen LogP contribution in [0.1, 0.15) is 38.5 Å². The predicted molar refractivity (Wildman–Crippen MR) is 68.3 cm³/mol. The predicted octanol–water partition coefficient (Wildman–Crippen LogP) is 0.579. The number of carbonyl (C=O) groups excluding carboxylic acids is 3. The van der Waals surface area contributed by atoms with Crippen molar-refractivity contribution in [1.82, 2.24) is 9.80 Å². The van der Waals surface area contributed by atoms with Gasteiger partial charge in [-0.3, -0.25) is 14.4 Å². The third-order valence-corrected chi connectivity index (χ3v) is 4.65. The Bertz CT molecular complexity index is 415. The summed E-state index contributed by atoms with van der Waals surface area (Å²) < 4.78 is 0. The SMILES string of the molecule is O=C(CN1CC(=O)N2CCCC2C1=O)C1CCCC1. The molecule has 2 aliphatic heterocycles. The first kappa shape index (κ1) is 12.6. The number of nitrogens with zero attached hydrogens (tertiary/aromatic N) is 2. The first-order valence-electron chi connectivity index (χ1n) is 7.28. The highest BCUT2D eigenvalue weighted by atomic mass is 16.2. The van der Waals surface area contributed by atoms with Gasteiger partial charge in [-0.05, 0) is 25.7 Å². The van der Waals surface area contributed by atoms with Crippen molar-refractivity contribution >= 4 is 17.6 Å². The summed E-state index contributed by atoms with van der Waals surface area (Å²) in [4.78, 5) is 39.5. The number of rotatable bonds is 3. The van der Waals surface area contributed by atoms with Crippen molar-refractivity contribution in [1.29, 1.82) is 0 Å². The van der Waals surface area contributed by atoms with Gasteiger partial charge in [0, 0.05) is 12.5 Å². The Kier molecular flexibility index (Phi) is 3.29. The number of ketones is 1. The summed E-state index contributed by atoms with van der Waals surface area (Å²) in [7, 11) is 0. The fourth-order valence-electron chi connectivity index (χ4n) is 3.56. The highest BCUT2D eigenvalue weighted by Crippen LogP contribution is 2.27.